The molecule has 2 aromatic heterocycles. The fraction of sp³-hybridized carbons (Fsp3) is 0.375. The van der Waals surface area contributed by atoms with Crippen molar-refractivity contribution in [2.75, 3.05) is 7.11 Å². The van der Waals surface area contributed by atoms with E-state index in [9.17, 15) is 9.90 Å². The van der Waals surface area contributed by atoms with Gasteiger partial charge in [-0.2, -0.15) is 5.10 Å². The van der Waals surface area contributed by atoms with Gasteiger partial charge in [-0.3, -0.25) is 0 Å². The highest BCUT2D eigenvalue weighted by molar-refractivity contribution is 6.88. The molecule has 0 unspecified atom stereocenters. The minimum Gasteiger partial charge on any atom is -0.495 e. The average molecular weight is 575 g/mol. The predicted molar refractivity (Wildman–Crippen MR) is 168 cm³/mol. The fourth-order valence-electron chi connectivity index (χ4n) is 4.75. The first kappa shape index (κ1) is 29.8. The summed E-state index contributed by atoms with van der Waals surface area (Å²) >= 11 is 0. The van der Waals surface area contributed by atoms with Crippen LogP contribution in [0.2, 0.25) is 37.8 Å². The Morgan fingerprint density at radius 1 is 0.950 bits per heavy atom. The highest BCUT2D eigenvalue weighted by Crippen LogP contribution is 2.37. The van der Waals surface area contributed by atoms with Gasteiger partial charge in [0.15, 0.2) is 8.32 Å². The molecule has 0 fully saturated rings. The lowest BCUT2D eigenvalue weighted by atomic mass is 9.97. The van der Waals surface area contributed by atoms with E-state index in [1.165, 1.54) is 0 Å². The van der Waals surface area contributed by atoms with E-state index in [2.05, 4.69) is 82.3 Å². The number of nitrogens with zero attached hydrogens (tertiary/aromatic N) is 2. The van der Waals surface area contributed by atoms with E-state index >= 15 is 0 Å². The molecule has 0 aliphatic carbocycles. The molecular formula is C32H42N2O4Si2. The lowest BCUT2D eigenvalue weighted by Gasteiger charge is -2.36. The van der Waals surface area contributed by atoms with Crippen molar-refractivity contribution in [3.8, 4) is 17.0 Å². The molecule has 40 heavy (non-hydrogen) atoms. The van der Waals surface area contributed by atoms with Crippen LogP contribution in [-0.2, 0) is 17.5 Å². The number of hydrogen-bond acceptors (Lipinski definition) is 4. The molecule has 8 heteroatoms. The number of carboxylic acids is 1. The largest absolute Gasteiger partial charge is 0.495 e. The molecule has 212 valence electrons. The van der Waals surface area contributed by atoms with E-state index in [0.717, 1.165) is 44.5 Å². The molecule has 1 N–H and O–H groups in total. The van der Waals surface area contributed by atoms with Crippen molar-refractivity contribution in [3.05, 3.63) is 82.9 Å². The number of pyridine rings is 1. The van der Waals surface area contributed by atoms with Crippen LogP contribution in [0, 0.1) is 0 Å². The van der Waals surface area contributed by atoms with Crippen LogP contribution in [0.25, 0.3) is 16.8 Å². The van der Waals surface area contributed by atoms with Crippen LogP contribution in [-0.4, -0.2) is 44.2 Å². The molecule has 0 spiro atoms. The van der Waals surface area contributed by atoms with Crippen LogP contribution in [0.15, 0.2) is 60.7 Å². The molecule has 6 nitrogen and oxygen atoms in total. The fourth-order valence-corrected chi connectivity index (χ4v) is 7.44. The smallest absolute Gasteiger partial charge is 0.335 e. The molecule has 4 aromatic rings. The summed E-state index contributed by atoms with van der Waals surface area (Å²) in [4.78, 5) is 12.1. The van der Waals surface area contributed by atoms with Gasteiger partial charge in [0.05, 0.1) is 35.8 Å². The molecule has 0 saturated heterocycles. The zero-order valence-electron chi connectivity index (χ0n) is 25.3. The van der Waals surface area contributed by atoms with E-state index in [1.807, 2.05) is 24.3 Å². The van der Waals surface area contributed by atoms with Crippen molar-refractivity contribution in [1.82, 2.24) is 9.61 Å². The molecule has 0 aliphatic heterocycles. The Morgan fingerprint density at radius 2 is 1.60 bits per heavy atom. The van der Waals surface area contributed by atoms with Crippen molar-refractivity contribution in [3.63, 3.8) is 0 Å². The summed E-state index contributed by atoms with van der Waals surface area (Å²) in [5, 5.41) is 16.3. The number of carbonyl (C=O) groups is 1. The number of carboxylic acid groups (broad SMARTS) is 1. The van der Waals surface area contributed by atoms with Crippen molar-refractivity contribution in [2.45, 2.75) is 71.6 Å². The average Bonchev–Trinajstić information content (AvgIpc) is 3.24. The maximum absolute atomic E-state index is 12.1. The third-order valence-electron chi connectivity index (χ3n) is 7.92. The predicted octanol–water partition coefficient (Wildman–Crippen LogP) is 7.37. The molecular weight excluding hydrogens is 533 g/mol. The summed E-state index contributed by atoms with van der Waals surface area (Å²) in [5.41, 5.74) is 6.07. The quantitative estimate of drug-likeness (QED) is 0.211. The first-order valence-electron chi connectivity index (χ1n) is 13.8. The van der Waals surface area contributed by atoms with Crippen LogP contribution < -0.4 is 10.1 Å². The molecule has 4 rings (SSSR count). The number of fused-ring (bicyclic) bond motifs is 1. The zero-order valence-corrected chi connectivity index (χ0v) is 27.3. The third kappa shape index (κ3) is 6.09. The minimum atomic E-state index is -2.00. The van der Waals surface area contributed by atoms with E-state index < -0.39 is 22.4 Å². The summed E-state index contributed by atoms with van der Waals surface area (Å²) < 4.78 is 14.3. The van der Waals surface area contributed by atoms with Crippen molar-refractivity contribution >= 4 is 33.2 Å². The van der Waals surface area contributed by atoms with Crippen LogP contribution in [0.1, 0.15) is 47.8 Å². The molecule has 0 radical (unpaired) electrons. The van der Waals surface area contributed by atoms with Crippen LogP contribution in [0.3, 0.4) is 0 Å². The topological polar surface area (TPSA) is 73.1 Å². The summed E-state index contributed by atoms with van der Waals surface area (Å²) in [6.45, 7) is 18.3. The van der Waals surface area contributed by atoms with Gasteiger partial charge < -0.3 is 14.3 Å². The van der Waals surface area contributed by atoms with Crippen molar-refractivity contribution < 1.29 is 19.1 Å². The van der Waals surface area contributed by atoms with Crippen LogP contribution in [0.4, 0.5) is 0 Å². The molecule has 0 bridgehead atoms. The molecule has 0 aliphatic rings. The number of aromatic carboxylic acids is 1. The summed E-state index contributed by atoms with van der Waals surface area (Å²) in [6, 6.07) is 19.9. The molecule has 0 atom stereocenters. The lowest BCUT2D eigenvalue weighted by Crippen LogP contribution is -2.43. The van der Waals surface area contributed by atoms with E-state index in [0.29, 0.717) is 13.0 Å². The van der Waals surface area contributed by atoms with Crippen LogP contribution in [0.5, 0.6) is 5.75 Å². The van der Waals surface area contributed by atoms with Gasteiger partial charge in [0.1, 0.15) is 13.8 Å². The first-order valence-corrected chi connectivity index (χ1v) is 20.2. The Hall–Kier alpha value is -3.21. The molecule has 0 amide bonds. The van der Waals surface area contributed by atoms with Gasteiger partial charge in [-0.1, -0.05) is 76.8 Å². The maximum atomic E-state index is 12.1. The monoisotopic (exact) mass is 574 g/mol. The number of ether oxygens (including phenoxy) is 1. The van der Waals surface area contributed by atoms with Crippen molar-refractivity contribution in [2.24, 2.45) is 0 Å². The van der Waals surface area contributed by atoms with E-state index in [1.54, 1.807) is 19.2 Å². The van der Waals surface area contributed by atoms with Gasteiger partial charge in [0.25, 0.3) is 0 Å². The Bertz CT molecular complexity index is 1530. The summed E-state index contributed by atoms with van der Waals surface area (Å²) in [5.74, 6) is -0.0948. The summed E-state index contributed by atoms with van der Waals surface area (Å²) in [7, 11) is -2.16. The third-order valence-corrected chi connectivity index (χ3v) is 14.3. The van der Waals surface area contributed by atoms with Gasteiger partial charge in [-0.15, -0.1) is 0 Å². The van der Waals surface area contributed by atoms with Gasteiger partial charge in [-0.25, -0.2) is 9.31 Å². The first-order chi connectivity index (χ1) is 18.6. The highest BCUT2D eigenvalue weighted by Gasteiger charge is 2.37. The lowest BCUT2D eigenvalue weighted by molar-refractivity contribution is 0.0696. The Morgan fingerprint density at radius 3 is 2.17 bits per heavy atom. The maximum Gasteiger partial charge on any atom is 0.335 e. The number of benzene rings is 2. The Kier molecular flexibility index (Phi) is 8.18. The second kappa shape index (κ2) is 11.0. The van der Waals surface area contributed by atoms with Gasteiger partial charge in [-0.05, 0) is 53.5 Å². The highest BCUT2D eigenvalue weighted by atomic mass is 28.4. The number of rotatable bonds is 9. The normalized spacial score (nSPS) is 12.6. The van der Waals surface area contributed by atoms with E-state index in [-0.39, 0.29) is 10.6 Å². The molecule has 2 aromatic carbocycles. The number of aromatic nitrogens is 2. The zero-order chi connectivity index (χ0) is 29.5. The summed E-state index contributed by atoms with van der Waals surface area (Å²) in [6.07, 6.45) is 0.541. The standard InChI is InChI=1S/C32H42N2O4Si2/c1-32(2,3)40(8,9)38-21-23-17-22(18-25(19-23)31(35)36)20-26-27-15-16-28(37-4)30(39(5,6)7)34(27)33-29(26)24-13-11-10-12-14-24/h10-19H,20-21H2,1-9H3,(H,35,36). The number of hydrogen-bond donors (Lipinski definition) is 1. The Balaban J connectivity index is 1.87. The number of methoxy groups -OCH3 is 1. The van der Waals surface area contributed by atoms with Gasteiger partial charge in [0.2, 0.25) is 0 Å². The van der Waals surface area contributed by atoms with Gasteiger partial charge in [0, 0.05) is 17.5 Å². The second-order valence-electron chi connectivity index (χ2n) is 13.1. The van der Waals surface area contributed by atoms with Crippen LogP contribution >= 0.6 is 0 Å². The SMILES string of the molecule is COc1ccc2c(Cc3cc(CO[Si](C)(C)C(C)(C)C)cc(C(=O)O)c3)c(-c3ccccc3)nn2c1[Si](C)(C)C. The van der Waals surface area contributed by atoms with Gasteiger partial charge >= 0.3 is 5.97 Å². The van der Waals surface area contributed by atoms with E-state index in [4.69, 9.17) is 14.3 Å². The molecule has 2 heterocycles. The minimum absolute atomic E-state index is 0.0665. The Labute approximate surface area is 240 Å². The second-order valence-corrected chi connectivity index (χ2v) is 22.8. The van der Waals surface area contributed by atoms with Crippen molar-refractivity contribution in [1.29, 1.82) is 0 Å². The molecule has 0 saturated carbocycles.